The predicted octanol–water partition coefficient (Wildman–Crippen LogP) is 3.50. The standard InChI is InChI=1S/C35H40FN7O3/c1-23-7-4-8-25-9-5-11-29(30(23)25)43-16-13-28-31(35(43)21-46-22-35)42(20-26-10-6-15-39(26)3)34(45)38-32(28)40-17-18-41(33(44)24(2)36)27(19-40)12-14-37/h4-5,7-9,11,26-27H,2,6,10,12-13,15-22H2,1,3H3/t26-,27-/m0/s1. The first kappa shape index (κ1) is 30.4. The summed E-state index contributed by atoms with van der Waals surface area (Å²) in [7, 11) is 2.12. The van der Waals surface area contributed by atoms with Crippen molar-refractivity contribution in [2.24, 2.45) is 0 Å². The second-order valence-electron chi connectivity index (χ2n) is 13.2. The molecule has 1 aromatic heterocycles. The van der Waals surface area contributed by atoms with E-state index in [2.05, 4.69) is 72.8 Å². The Bertz CT molecular complexity index is 1810. The average molecular weight is 626 g/mol. The zero-order valence-corrected chi connectivity index (χ0v) is 26.5. The molecule has 1 amide bonds. The van der Waals surface area contributed by atoms with E-state index in [0.29, 0.717) is 45.1 Å². The van der Waals surface area contributed by atoms with Crippen molar-refractivity contribution in [1.82, 2.24) is 19.4 Å². The van der Waals surface area contributed by atoms with Crippen LogP contribution in [0.4, 0.5) is 15.9 Å². The number of nitriles is 1. The van der Waals surface area contributed by atoms with Crippen LogP contribution in [0.5, 0.6) is 0 Å². The number of ether oxygens (including phenoxy) is 1. The molecule has 3 saturated heterocycles. The number of benzene rings is 2. The summed E-state index contributed by atoms with van der Waals surface area (Å²) >= 11 is 0. The van der Waals surface area contributed by atoms with Gasteiger partial charge >= 0.3 is 5.69 Å². The molecule has 7 rings (SSSR count). The molecule has 0 N–H and O–H groups in total. The Labute approximate surface area is 268 Å². The molecule has 2 atom stereocenters. The van der Waals surface area contributed by atoms with Crippen LogP contribution in [0.3, 0.4) is 0 Å². The maximum Gasteiger partial charge on any atom is 0.349 e. The van der Waals surface area contributed by atoms with E-state index in [0.717, 1.165) is 36.3 Å². The Morgan fingerprint density at radius 1 is 1.15 bits per heavy atom. The Kier molecular flexibility index (Phi) is 7.81. The molecule has 5 heterocycles. The van der Waals surface area contributed by atoms with E-state index < -0.39 is 23.3 Å². The highest BCUT2D eigenvalue weighted by Gasteiger charge is 2.53. The van der Waals surface area contributed by atoms with Crippen molar-refractivity contribution in [1.29, 1.82) is 5.26 Å². The van der Waals surface area contributed by atoms with Crippen molar-refractivity contribution in [3.05, 3.63) is 76.1 Å². The average Bonchev–Trinajstić information content (AvgIpc) is 3.44. The SMILES string of the molecule is C=C(F)C(=O)N1CCN(c2nc(=O)n(C[C@@H]3CCCN3C)c3c2CCN(c2cccc4cccc(C)c24)C32COC2)C[C@@H]1CC#N. The largest absolute Gasteiger partial charge is 0.376 e. The van der Waals surface area contributed by atoms with Crippen LogP contribution in [-0.2, 0) is 28.0 Å². The molecule has 4 aliphatic rings. The summed E-state index contributed by atoms with van der Waals surface area (Å²) in [5.74, 6) is -1.23. The summed E-state index contributed by atoms with van der Waals surface area (Å²) < 4.78 is 21.8. The highest BCUT2D eigenvalue weighted by molar-refractivity contribution is 5.97. The Morgan fingerprint density at radius 3 is 2.61 bits per heavy atom. The molecular formula is C35H40FN7O3. The quantitative estimate of drug-likeness (QED) is 0.384. The summed E-state index contributed by atoms with van der Waals surface area (Å²) in [4.78, 5) is 39.7. The van der Waals surface area contributed by atoms with Gasteiger partial charge in [-0.05, 0) is 56.8 Å². The van der Waals surface area contributed by atoms with E-state index in [4.69, 9.17) is 9.72 Å². The maximum atomic E-state index is 14.2. The number of aryl methyl sites for hydroxylation is 1. The predicted molar refractivity (Wildman–Crippen MR) is 175 cm³/mol. The van der Waals surface area contributed by atoms with Gasteiger partial charge in [-0.1, -0.05) is 36.9 Å². The Morgan fingerprint density at radius 2 is 1.93 bits per heavy atom. The van der Waals surface area contributed by atoms with Crippen molar-refractivity contribution in [2.75, 3.05) is 62.8 Å². The number of carbonyl (C=O) groups is 1. The van der Waals surface area contributed by atoms with E-state index in [9.17, 15) is 19.2 Å². The minimum Gasteiger partial charge on any atom is -0.376 e. The third kappa shape index (κ3) is 4.86. The lowest BCUT2D eigenvalue weighted by atomic mass is 9.81. The highest BCUT2D eigenvalue weighted by atomic mass is 19.1. The number of likely N-dealkylation sites (tertiary alicyclic amines) is 1. The van der Waals surface area contributed by atoms with Gasteiger partial charge in [-0.15, -0.1) is 0 Å². The number of hydrogen-bond donors (Lipinski definition) is 0. The Balaban J connectivity index is 1.37. The first-order chi connectivity index (χ1) is 22.2. The minimum atomic E-state index is -1.04. The number of piperazine rings is 1. The van der Waals surface area contributed by atoms with Gasteiger partial charge in [0.05, 0.1) is 37.4 Å². The molecule has 0 radical (unpaired) electrons. The topological polar surface area (TPSA) is 97.9 Å². The summed E-state index contributed by atoms with van der Waals surface area (Å²) in [5.41, 5.74) is 3.44. The summed E-state index contributed by atoms with van der Waals surface area (Å²) in [6.45, 7) is 9.32. The number of anilines is 2. The molecule has 4 aliphatic heterocycles. The zero-order valence-electron chi connectivity index (χ0n) is 26.5. The Hall–Kier alpha value is -4.27. The minimum absolute atomic E-state index is 0.0365. The highest BCUT2D eigenvalue weighted by Crippen LogP contribution is 2.47. The smallest absolute Gasteiger partial charge is 0.349 e. The second kappa shape index (κ2) is 11.8. The molecule has 1 spiro atoms. The normalized spacial score (nSPS) is 22.5. The molecule has 3 fully saturated rings. The summed E-state index contributed by atoms with van der Waals surface area (Å²) in [6.07, 6.45) is 2.80. The number of halogens is 1. The van der Waals surface area contributed by atoms with Crippen LogP contribution in [0.15, 0.2) is 53.6 Å². The van der Waals surface area contributed by atoms with Gasteiger partial charge in [0, 0.05) is 55.4 Å². The van der Waals surface area contributed by atoms with E-state index >= 15 is 0 Å². The zero-order chi connectivity index (χ0) is 32.2. The van der Waals surface area contributed by atoms with E-state index in [-0.39, 0.29) is 31.2 Å². The van der Waals surface area contributed by atoms with E-state index in [1.54, 1.807) is 0 Å². The molecule has 0 aliphatic carbocycles. The van der Waals surface area contributed by atoms with Crippen LogP contribution < -0.4 is 15.5 Å². The van der Waals surface area contributed by atoms with Crippen molar-refractivity contribution in [3.8, 4) is 6.07 Å². The lowest BCUT2D eigenvalue weighted by Gasteiger charge is -2.55. The first-order valence-electron chi connectivity index (χ1n) is 16.2. The number of nitrogens with zero attached hydrogens (tertiary/aromatic N) is 7. The molecule has 46 heavy (non-hydrogen) atoms. The number of likely N-dealkylation sites (N-methyl/N-ethyl adjacent to an activating group) is 1. The third-order valence-corrected chi connectivity index (χ3v) is 10.5. The van der Waals surface area contributed by atoms with Gasteiger partial charge in [0.2, 0.25) is 0 Å². The van der Waals surface area contributed by atoms with Gasteiger partial charge in [-0.25, -0.2) is 9.18 Å². The number of aromatic nitrogens is 2. The van der Waals surface area contributed by atoms with Gasteiger partial charge in [-0.3, -0.25) is 9.36 Å². The van der Waals surface area contributed by atoms with E-state index in [1.165, 1.54) is 21.2 Å². The fraction of sp³-hybridized carbons (Fsp3) is 0.486. The molecule has 240 valence electrons. The molecule has 2 aromatic carbocycles. The van der Waals surface area contributed by atoms with Crippen molar-refractivity contribution in [2.45, 2.75) is 56.8 Å². The number of carbonyl (C=O) groups excluding carboxylic acids is 1. The molecular weight excluding hydrogens is 585 g/mol. The summed E-state index contributed by atoms with van der Waals surface area (Å²) in [6, 6.07) is 14.6. The molecule has 0 bridgehead atoms. The number of fused-ring (bicyclic) bond motifs is 3. The van der Waals surface area contributed by atoms with Crippen molar-refractivity contribution in [3.63, 3.8) is 0 Å². The van der Waals surface area contributed by atoms with Crippen molar-refractivity contribution < 1.29 is 13.9 Å². The van der Waals surface area contributed by atoms with Gasteiger partial charge < -0.3 is 24.3 Å². The third-order valence-electron chi connectivity index (χ3n) is 10.5. The molecule has 11 heteroatoms. The number of rotatable bonds is 6. The number of hydrogen-bond acceptors (Lipinski definition) is 8. The van der Waals surface area contributed by atoms with Gasteiger partial charge in [0.15, 0.2) is 5.83 Å². The molecule has 0 saturated carbocycles. The lowest BCUT2D eigenvalue weighted by Crippen LogP contribution is -2.65. The van der Waals surface area contributed by atoms with Gasteiger partial charge in [-0.2, -0.15) is 10.2 Å². The fourth-order valence-corrected chi connectivity index (χ4v) is 8.18. The van der Waals surface area contributed by atoms with Crippen LogP contribution in [0.1, 0.15) is 36.1 Å². The molecule has 0 unspecified atom stereocenters. The van der Waals surface area contributed by atoms with Crippen LogP contribution in [0.2, 0.25) is 0 Å². The van der Waals surface area contributed by atoms with Crippen LogP contribution in [0.25, 0.3) is 10.8 Å². The molecule has 10 nitrogen and oxygen atoms in total. The second-order valence-corrected chi connectivity index (χ2v) is 13.2. The summed E-state index contributed by atoms with van der Waals surface area (Å²) in [5, 5.41) is 11.9. The monoisotopic (exact) mass is 625 g/mol. The van der Waals surface area contributed by atoms with Crippen LogP contribution >= 0.6 is 0 Å². The maximum absolute atomic E-state index is 14.2. The van der Waals surface area contributed by atoms with Crippen LogP contribution in [0, 0.1) is 18.3 Å². The van der Waals surface area contributed by atoms with Gasteiger partial charge in [0.1, 0.15) is 11.4 Å². The lowest BCUT2D eigenvalue weighted by molar-refractivity contribution is -0.131. The van der Waals surface area contributed by atoms with Crippen LogP contribution in [-0.4, -0.2) is 90.3 Å². The van der Waals surface area contributed by atoms with Crippen molar-refractivity contribution >= 4 is 28.2 Å². The van der Waals surface area contributed by atoms with E-state index in [1.807, 2.05) is 9.47 Å². The van der Waals surface area contributed by atoms with Gasteiger partial charge in [0.25, 0.3) is 5.91 Å². The fourth-order valence-electron chi connectivity index (χ4n) is 8.18. The first-order valence-corrected chi connectivity index (χ1v) is 16.2. The molecule has 3 aromatic rings. The number of amides is 1.